The number of hydrogen-bond acceptors (Lipinski definition) is 2. The molecule has 2 nitrogen and oxygen atoms in total. The third-order valence-corrected chi connectivity index (χ3v) is 4.66. The summed E-state index contributed by atoms with van der Waals surface area (Å²) in [6.07, 6.45) is 0. The van der Waals surface area contributed by atoms with Crippen LogP contribution in [-0.2, 0) is 0 Å². The number of rotatable bonds is 3. The summed E-state index contributed by atoms with van der Waals surface area (Å²) in [5.74, 6) is 0. The molecule has 104 valence electrons. The molecule has 1 aliphatic heterocycles. The summed E-state index contributed by atoms with van der Waals surface area (Å²) in [6.45, 7) is 2.16. The Bertz CT molecular complexity index is 571. The molecule has 0 N–H and O–H groups in total. The molecule has 0 unspecified atom stereocenters. The molecule has 2 aromatic rings. The first kappa shape index (κ1) is 13.5. The molecular formula is C17H21N2S+. The van der Waals surface area contributed by atoms with Crippen LogP contribution in [0, 0.1) is 0 Å². The third kappa shape index (κ3) is 2.69. The third-order valence-electron chi connectivity index (χ3n) is 3.53. The van der Waals surface area contributed by atoms with E-state index in [0.29, 0.717) is 0 Å². The summed E-state index contributed by atoms with van der Waals surface area (Å²) in [7, 11) is 6.74. The van der Waals surface area contributed by atoms with Crippen molar-refractivity contribution in [1.82, 2.24) is 0 Å². The average molecular weight is 285 g/mol. The van der Waals surface area contributed by atoms with Crippen molar-refractivity contribution in [1.29, 1.82) is 0 Å². The zero-order valence-corrected chi connectivity index (χ0v) is 13.2. The smallest absolute Gasteiger partial charge is 0.0962 e. The molecule has 2 aromatic carbocycles. The Morgan fingerprint density at radius 1 is 0.850 bits per heavy atom. The van der Waals surface area contributed by atoms with Crippen LogP contribution in [0.1, 0.15) is 0 Å². The molecule has 0 radical (unpaired) electrons. The Balaban J connectivity index is 1.99. The predicted molar refractivity (Wildman–Crippen MR) is 86.9 cm³/mol. The Hall–Kier alpha value is -1.45. The minimum absolute atomic E-state index is 0.980. The van der Waals surface area contributed by atoms with Crippen LogP contribution in [0.25, 0.3) is 0 Å². The van der Waals surface area contributed by atoms with Crippen molar-refractivity contribution in [2.75, 3.05) is 39.1 Å². The monoisotopic (exact) mass is 285 g/mol. The SMILES string of the molecule is C[N+](C)(C)CCN1c2ccccc2Sc2ccccc21. The highest BCUT2D eigenvalue weighted by atomic mass is 32.2. The fourth-order valence-electron chi connectivity index (χ4n) is 2.42. The summed E-state index contributed by atoms with van der Waals surface area (Å²) < 4.78 is 0.980. The largest absolute Gasteiger partial charge is 0.334 e. The molecule has 0 spiro atoms. The van der Waals surface area contributed by atoms with E-state index >= 15 is 0 Å². The number of anilines is 2. The second-order valence-electron chi connectivity index (χ2n) is 6.20. The van der Waals surface area contributed by atoms with Gasteiger partial charge in [-0.3, -0.25) is 0 Å². The fourth-order valence-corrected chi connectivity index (χ4v) is 3.52. The first-order valence-electron chi connectivity index (χ1n) is 6.98. The van der Waals surface area contributed by atoms with Crippen molar-refractivity contribution in [3.63, 3.8) is 0 Å². The second-order valence-corrected chi connectivity index (χ2v) is 7.29. The van der Waals surface area contributed by atoms with Gasteiger partial charge >= 0.3 is 0 Å². The zero-order chi connectivity index (χ0) is 14.2. The predicted octanol–water partition coefficient (Wildman–Crippen LogP) is 4.00. The van der Waals surface area contributed by atoms with Gasteiger partial charge in [-0.25, -0.2) is 0 Å². The Labute approximate surface area is 125 Å². The van der Waals surface area contributed by atoms with E-state index < -0.39 is 0 Å². The topological polar surface area (TPSA) is 3.24 Å². The number of likely N-dealkylation sites (N-methyl/N-ethyl adjacent to an activating group) is 1. The maximum Gasteiger partial charge on any atom is 0.0962 e. The van der Waals surface area contributed by atoms with Crippen LogP contribution >= 0.6 is 11.8 Å². The summed E-state index contributed by atoms with van der Waals surface area (Å²) >= 11 is 1.87. The number of quaternary nitrogens is 1. The Kier molecular flexibility index (Phi) is 3.48. The lowest BCUT2D eigenvalue weighted by molar-refractivity contribution is -0.868. The van der Waals surface area contributed by atoms with Gasteiger partial charge in [0.25, 0.3) is 0 Å². The minimum atomic E-state index is 0.980. The summed E-state index contributed by atoms with van der Waals surface area (Å²) in [4.78, 5) is 5.17. The quantitative estimate of drug-likeness (QED) is 0.784. The summed E-state index contributed by atoms with van der Waals surface area (Å²) in [5.41, 5.74) is 2.68. The molecule has 1 aliphatic rings. The molecule has 0 fully saturated rings. The normalized spacial score (nSPS) is 13.8. The molecule has 0 saturated carbocycles. The molecule has 0 aromatic heterocycles. The lowest BCUT2D eigenvalue weighted by atomic mass is 10.2. The van der Waals surface area contributed by atoms with Crippen LogP contribution in [0.5, 0.6) is 0 Å². The van der Waals surface area contributed by atoms with E-state index in [0.717, 1.165) is 17.6 Å². The highest BCUT2D eigenvalue weighted by Crippen LogP contribution is 2.47. The van der Waals surface area contributed by atoms with Gasteiger partial charge in [-0.05, 0) is 24.3 Å². The lowest BCUT2D eigenvalue weighted by Crippen LogP contribution is -2.41. The number of nitrogens with zero attached hydrogens (tertiary/aromatic N) is 2. The van der Waals surface area contributed by atoms with E-state index in [1.54, 1.807) is 0 Å². The maximum absolute atomic E-state index is 2.46. The van der Waals surface area contributed by atoms with Gasteiger partial charge in [0.15, 0.2) is 0 Å². The molecule has 0 aliphatic carbocycles. The van der Waals surface area contributed by atoms with Crippen molar-refractivity contribution in [3.8, 4) is 0 Å². The Morgan fingerprint density at radius 2 is 1.35 bits per heavy atom. The van der Waals surface area contributed by atoms with Crippen molar-refractivity contribution >= 4 is 23.1 Å². The van der Waals surface area contributed by atoms with Crippen LogP contribution in [0.15, 0.2) is 58.3 Å². The molecule has 20 heavy (non-hydrogen) atoms. The van der Waals surface area contributed by atoms with Gasteiger partial charge in [0.05, 0.1) is 45.6 Å². The molecule has 0 saturated heterocycles. The van der Waals surface area contributed by atoms with Crippen LogP contribution in [0.3, 0.4) is 0 Å². The highest BCUT2D eigenvalue weighted by molar-refractivity contribution is 7.99. The van der Waals surface area contributed by atoms with Crippen LogP contribution in [0.2, 0.25) is 0 Å². The van der Waals surface area contributed by atoms with Crippen LogP contribution in [0.4, 0.5) is 11.4 Å². The van der Waals surface area contributed by atoms with Gasteiger partial charge in [-0.2, -0.15) is 0 Å². The van der Waals surface area contributed by atoms with Gasteiger partial charge in [-0.1, -0.05) is 36.0 Å². The fraction of sp³-hybridized carbons (Fsp3) is 0.294. The molecular weight excluding hydrogens is 264 g/mol. The van der Waals surface area contributed by atoms with Gasteiger partial charge in [0.2, 0.25) is 0 Å². The van der Waals surface area contributed by atoms with Crippen molar-refractivity contribution in [2.45, 2.75) is 9.79 Å². The summed E-state index contributed by atoms with van der Waals surface area (Å²) in [6, 6.07) is 17.4. The average Bonchev–Trinajstić information content (AvgIpc) is 2.42. The number of benzene rings is 2. The van der Waals surface area contributed by atoms with Crippen molar-refractivity contribution in [3.05, 3.63) is 48.5 Å². The van der Waals surface area contributed by atoms with Crippen LogP contribution in [-0.4, -0.2) is 38.7 Å². The molecule has 3 heteroatoms. The first-order valence-corrected chi connectivity index (χ1v) is 7.80. The number of hydrogen-bond donors (Lipinski definition) is 0. The van der Waals surface area contributed by atoms with E-state index in [4.69, 9.17) is 0 Å². The van der Waals surface area contributed by atoms with Gasteiger partial charge in [0, 0.05) is 9.79 Å². The van der Waals surface area contributed by atoms with E-state index in [9.17, 15) is 0 Å². The zero-order valence-electron chi connectivity index (χ0n) is 12.3. The number of para-hydroxylation sites is 2. The standard InChI is InChI=1S/C17H21N2S/c1-19(2,3)13-12-18-14-8-4-6-10-16(14)20-17-11-7-5-9-15(17)18/h4-11H,12-13H2,1-3H3/q+1. The van der Waals surface area contributed by atoms with Gasteiger partial charge in [-0.15, -0.1) is 0 Å². The molecule has 0 amide bonds. The lowest BCUT2D eigenvalue weighted by Gasteiger charge is -2.35. The summed E-state index contributed by atoms with van der Waals surface area (Å²) in [5, 5.41) is 0. The van der Waals surface area contributed by atoms with Gasteiger partial charge in [0.1, 0.15) is 0 Å². The highest BCUT2D eigenvalue weighted by Gasteiger charge is 2.23. The molecule has 1 heterocycles. The van der Waals surface area contributed by atoms with Crippen LogP contribution < -0.4 is 4.90 Å². The second kappa shape index (κ2) is 5.15. The van der Waals surface area contributed by atoms with Crippen molar-refractivity contribution < 1.29 is 4.48 Å². The first-order chi connectivity index (χ1) is 9.54. The van der Waals surface area contributed by atoms with E-state index in [1.807, 2.05) is 11.8 Å². The minimum Gasteiger partial charge on any atom is -0.334 e. The number of fused-ring (bicyclic) bond motifs is 2. The van der Waals surface area contributed by atoms with E-state index in [1.165, 1.54) is 21.2 Å². The molecule has 0 bridgehead atoms. The van der Waals surface area contributed by atoms with Gasteiger partial charge < -0.3 is 9.38 Å². The molecule has 0 atom stereocenters. The molecule has 3 rings (SSSR count). The van der Waals surface area contributed by atoms with E-state index in [-0.39, 0.29) is 0 Å². The van der Waals surface area contributed by atoms with Crippen molar-refractivity contribution in [2.24, 2.45) is 0 Å². The Morgan fingerprint density at radius 3 is 1.85 bits per heavy atom. The maximum atomic E-state index is 2.46. The van der Waals surface area contributed by atoms with E-state index in [2.05, 4.69) is 74.6 Å².